The third-order valence-corrected chi connectivity index (χ3v) is 3.88. The molecule has 1 heterocycles. The Hall–Kier alpha value is -2.65. The zero-order valence-corrected chi connectivity index (χ0v) is 15.2. The van der Waals surface area contributed by atoms with Crippen LogP contribution in [-0.4, -0.2) is 19.9 Å². The van der Waals surface area contributed by atoms with Gasteiger partial charge in [-0.15, -0.1) is 5.10 Å². The van der Waals surface area contributed by atoms with E-state index < -0.39 is 11.7 Å². The fourth-order valence-electron chi connectivity index (χ4n) is 2.29. The average Bonchev–Trinajstić information content (AvgIpc) is 3.01. The number of nitrogens with zero attached hydrogens (tertiary/aromatic N) is 3. The lowest BCUT2D eigenvalue weighted by molar-refractivity contribution is -0.137. The van der Waals surface area contributed by atoms with Crippen LogP contribution in [0.3, 0.4) is 0 Å². The van der Waals surface area contributed by atoms with Crippen LogP contribution >= 0.6 is 23.8 Å². The summed E-state index contributed by atoms with van der Waals surface area (Å²) in [5, 5.41) is 10.7. The van der Waals surface area contributed by atoms with Crippen LogP contribution in [-0.2, 0) is 12.7 Å². The molecule has 0 saturated carbocycles. The van der Waals surface area contributed by atoms with Crippen molar-refractivity contribution in [2.45, 2.75) is 12.7 Å². The van der Waals surface area contributed by atoms with E-state index in [0.717, 1.165) is 12.1 Å². The molecule has 5 nitrogen and oxygen atoms in total. The first-order valence-corrected chi connectivity index (χ1v) is 8.47. The van der Waals surface area contributed by atoms with Crippen molar-refractivity contribution in [2.75, 3.05) is 10.6 Å². The molecule has 3 rings (SSSR count). The van der Waals surface area contributed by atoms with Gasteiger partial charge in [0, 0.05) is 10.7 Å². The number of halogens is 4. The van der Waals surface area contributed by atoms with Crippen molar-refractivity contribution < 1.29 is 13.2 Å². The van der Waals surface area contributed by atoms with Gasteiger partial charge in [0.25, 0.3) is 0 Å². The molecular formula is C17H13ClF3N5S. The van der Waals surface area contributed by atoms with E-state index in [-0.39, 0.29) is 17.6 Å². The quantitative estimate of drug-likeness (QED) is 0.603. The average molecular weight is 412 g/mol. The summed E-state index contributed by atoms with van der Waals surface area (Å²) in [5.74, 6) is 0.224. The number of benzene rings is 2. The highest BCUT2D eigenvalue weighted by Crippen LogP contribution is 2.29. The Morgan fingerprint density at radius 3 is 2.63 bits per heavy atom. The highest BCUT2D eigenvalue weighted by molar-refractivity contribution is 7.80. The smallest absolute Gasteiger partial charge is 0.332 e. The van der Waals surface area contributed by atoms with Crippen LogP contribution in [0, 0.1) is 0 Å². The van der Waals surface area contributed by atoms with Crippen molar-refractivity contribution >= 4 is 40.6 Å². The van der Waals surface area contributed by atoms with Crippen LogP contribution in [0.2, 0.25) is 5.02 Å². The van der Waals surface area contributed by atoms with Gasteiger partial charge < -0.3 is 5.32 Å². The minimum absolute atomic E-state index is 0.146. The number of hydrogen-bond donors (Lipinski definition) is 2. The van der Waals surface area contributed by atoms with Crippen molar-refractivity contribution in [3.63, 3.8) is 0 Å². The largest absolute Gasteiger partial charge is 0.416 e. The van der Waals surface area contributed by atoms with Gasteiger partial charge in [0.05, 0.1) is 12.1 Å². The third kappa shape index (κ3) is 5.41. The molecule has 0 atom stereocenters. The Bertz CT molecular complexity index is 957. The van der Waals surface area contributed by atoms with Crippen molar-refractivity contribution in [1.82, 2.24) is 14.8 Å². The fourth-order valence-corrected chi connectivity index (χ4v) is 2.69. The molecule has 0 saturated heterocycles. The van der Waals surface area contributed by atoms with Crippen LogP contribution in [0.15, 0.2) is 54.9 Å². The summed E-state index contributed by atoms with van der Waals surface area (Å²) in [5.41, 5.74) is 0.453. The summed E-state index contributed by atoms with van der Waals surface area (Å²) in [7, 11) is 0. The molecule has 3 aromatic rings. The molecular weight excluding hydrogens is 399 g/mol. The van der Waals surface area contributed by atoms with Crippen molar-refractivity contribution in [3.8, 4) is 0 Å². The van der Waals surface area contributed by atoms with Gasteiger partial charge in [0.2, 0.25) is 5.95 Å². The minimum Gasteiger partial charge on any atom is -0.332 e. The molecule has 0 radical (unpaired) electrons. The van der Waals surface area contributed by atoms with Crippen molar-refractivity contribution in [1.29, 1.82) is 0 Å². The van der Waals surface area contributed by atoms with Gasteiger partial charge in [0.1, 0.15) is 6.33 Å². The summed E-state index contributed by atoms with van der Waals surface area (Å²) in [6.45, 7) is 0.146. The maximum absolute atomic E-state index is 12.8. The molecule has 0 amide bonds. The molecule has 0 aliphatic carbocycles. The molecule has 2 aromatic carbocycles. The summed E-state index contributed by atoms with van der Waals surface area (Å²) >= 11 is 11.1. The molecule has 0 aliphatic heterocycles. The predicted octanol–water partition coefficient (Wildman–Crippen LogP) is 4.81. The summed E-state index contributed by atoms with van der Waals surface area (Å²) in [6.07, 6.45) is -2.98. The van der Waals surface area contributed by atoms with Gasteiger partial charge >= 0.3 is 6.18 Å². The van der Waals surface area contributed by atoms with Crippen LogP contribution in [0.5, 0.6) is 0 Å². The monoisotopic (exact) mass is 411 g/mol. The molecule has 10 heteroatoms. The maximum atomic E-state index is 12.8. The Labute approximate surface area is 163 Å². The molecule has 1 aromatic heterocycles. The first kappa shape index (κ1) is 19.1. The third-order valence-electron chi connectivity index (χ3n) is 3.44. The molecule has 0 bridgehead atoms. The molecule has 140 valence electrons. The van der Waals surface area contributed by atoms with Crippen LogP contribution in [0.4, 0.5) is 24.8 Å². The Morgan fingerprint density at radius 2 is 1.89 bits per heavy atom. The van der Waals surface area contributed by atoms with Crippen molar-refractivity contribution in [2.24, 2.45) is 0 Å². The summed E-state index contributed by atoms with van der Waals surface area (Å²) in [4.78, 5) is 4.05. The van der Waals surface area contributed by atoms with Gasteiger partial charge in [-0.2, -0.15) is 13.2 Å². The van der Waals surface area contributed by atoms with E-state index in [4.69, 9.17) is 23.8 Å². The van der Waals surface area contributed by atoms with Crippen LogP contribution in [0.1, 0.15) is 11.1 Å². The molecule has 0 aliphatic rings. The SMILES string of the molecule is FC(F)(F)c1cccc(Cn2cnc(NC(=S)Nc3cccc(Cl)c3)n2)c1. The lowest BCUT2D eigenvalue weighted by atomic mass is 10.1. The fraction of sp³-hybridized carbons (Fsp3) is 0.118. The first-order valence-electron chi connectivity index (χ1n) is 7.69. The second-order valence-electron chi connectivity index (χ2n) is 5.55. The lowest BCUT2D eigenvalue weighted by Crippen LogP contribution is -2.20. The maximum Gasteiger partial charge on any atom is 0.416 e. The van der Waals surface area contributed by atoms with Gasteiger partial charge in [-0.05, 0) is 48.1 Å². The molecule has 0 unspecified atom stereocenters. The van der Waals surface area contributed by atoms with Crippen molar-refractivity contribution in [3.05, 3.63) is 71.0 Å². The van der Waals surface area contributed by atoms with E-state index >= 15 is 0 Å². The Kier molecular flexibility index (Phi) is 5.62. The van der Waals surface area contributed by atoms with E-state index in [1.54, 1.807) is 30.3 Å². The summed E-state index contributed by atoms with van der Waals surface area (Å²) < 4.78 is 39.8. The Morgan fingerprint density at radius 1 is 1.11 bits per heavy atom. The predicted molar refractivity (Wildman–Crippen MR) is 102 cm³/mol. The highest BCUT2D eigenvalue weighted by atomic mass is 35.5. The van der Waals surface area contributed by atoms with E-state index in [9.17, 15) is 13.2 Å². The van der Waals surface area contributed by atoms with E-state index in [2.05, 4.69) is 20.7 Å². The topological polar surface area (TPSA) is 54.8 Å². The molecule has 2 N–H and O–H groups in total. The first-order chi connectivity index (χ1) is 12.8. The standard InChI is InChI=1S/C17H13ClF3N5S/c18-13-5-2-6-14(8-13)23-16(27)24-15-22-10-26(25-15)9-11-3-1-4-12(7-11)17(19,20)21/h1-8,10H,9H2,(H2,23,24,25,27). The number of thiocarbonyl (C=S) groups is 1. The van der Waals surface area contributed by atoms with E-state index in [0.29, 0.717) is 16.3 Å². The molecule has 0 fully saturated rings. The zero-order chi connectivity index (χ0) is 19.4. The molecule has 27 heavy (non-hydrogen) atoms. The zero-order valence-electron chi connectivity index (χ0n) is 13.7. The summed E-state index contributed by atoms with van der Waals surface area (Å²) in [6, 6.07) is 12.1. The number of nitrogens with one attached hydrogen (secondary N) is 2. The Balaban J connectivity index is 1.62. The van der Waals surface area contributed by atoms with E-state index in [1.807, 2.05) is 0 Å². The number of aromatic nitrogens is 3. The normalized spacial score (nSPS) is 11.3. The van der Waals surface area contributed by atoms with Gasteiger partial charge in [0.15, 0.2) is 5.11 Å². The minimum atomic E-state index is -4.39. The second kappa shape index (κ2) is 7.93. The molecule has 0 spiro atoms. The van der Waals surface area contributed by atoms with Crippen LogP contribution < -0.4 is 10.6 Å². The van der Waals surface area contributed by atoms with Gasteiger partial charge in [-0.1, -0.05) is 29.8 Å². The van der Waals surface area contributed by atoms with Gasteiger partial charge in [-0.25, -0.2) is 9.67 Å². The highest BCUT2D eigenvalue weighted by Gasteiger charge is 2.30. The number of alkyl halides is 3. The second-order valence-corrected chi connectivity index (χ2v) is 6.40. The number of hydrogen-bond acceptors (Lipinski definition) is 3. The van der Waals surface area contributed by atoms with E-state index in [1.165, 1.54) is 17.1 Å². The lowest BCUT2D eigenvalue weighted by Gasteiger charge is -2.09. The number of rotatable bonds is 4. The number of anilines is 2. The van der Waals surface area contributed by atoms with Gasteiger partial charge in [-0.3, -0.25) is 5.32 Å². The van der Waals surface area contributed by atoms with Crippen LogP contribution in [0.25, 0.3) is 0 Å².